The highest BCUT2D eigenvalue weighted by molar-refractivity contribution is 5.92. The molecule has 19 heavy (non-hydrogen) atoms. The minimum absolute atomic E-state index is 0.234. The molecule has 0 saturated heterocycles. The summed E-state index contributed by atoms with van der Waals surface area (Å²) in [4.78, 5) is 21.9. The highest BCUT2D eigenvalue weighted by atomic mass is 19.1. The Hall–Kier alpha value is -2.06. The third-order valence-corrected chi connectivity index (χ3v) is 2.18. The molecule has 2 amide bonds. The number of nitrogens with one attached hydrogen (secondary N) is 2. The maximum atomic E-state index is 13.2. The number of halogens is 2. The molecule has 1 unspecified atom stereocenters. The number of benzene rings is 1. The first-order chi connectivity index (χ1) is 8.91. The predicted molar refractivity (Wildman–Crippen MR) is 63.1 cm³/mol. The summed E-state index contributed by atoms with van der Waals surface area (Å²) in [6, 6.07) is 3.17. The van der Waals surface area contributed by atoms with Crippen molar-refractivity contribution in [2.45, 2.75) is 6.10 Å². The first-order valence-electron chi connectivity index (χ1n) is 5.33. The molecule has 5 N–H and O–H groups in total. The predicted octanol–water partition coefficient (Wildman–Crippen LogP) is -0.661. The van der Waals surface area contributed by atoms with E-state index in [9.17, 15) is 18.4 Å². The Labute approximate surface area is 107 Å². The van der Waals surface area contributed by atoms with Crippen LogP contribution in [0.25, 0.3) is 0 Å². The largest absolute Gasteiger partial charge is 0.382 e. The Morgan fingerprint density at radius 1 is 1.32 bits per heavy atom. The van der Waals surface area contributed by atoms with Crippen molar-refractivity contribution in [3.05, 3.63) is 29.8 Å². The molecule has 0 radical (unpaired) electrons. The lowest BCUT2D eigenvalue weighted by atomic mass is 10.3. The van der Waals surface area contributed by atoms with Gasteiger partial charge in [-0.2, -0.15) is 0 Å². The maximum Gasteiger partial charge on any atom is 0.247 e. The standard InChI is InChI=1S/C11H13F2N3O3/c12-6-2-1-3-7(13)10(6)16-9(18)5-15-4-8(17)11(14)19/h1-3,8,15,17H,4-5H2,(H2,14,19)(H,16,18). The van der Waals surface area contributed by atoms with Gasteiger partial charge in [0.2, 0.25) is 11.8 Å². The SMILES string of the molecule is NC(=O)C(O)CNCC(=O)Nc1c(F)cccc1F. The number of carbonyl (C=O) groups is 2. The van der Waals surface area contributed by atoms with Gasteiger partial charge in [0.15, 0.2) is 0 Å². The van der Waals surface area contributed by atoms with Crippen LogP contribution in [0, 0.1) is 11.6 Å². The Morgan fingerprint density at radius 2 is 1.89 bits per heavy atom. The molecule has 0 heterocycles. The van der Waals surface area contributed by atoms with Crippen LogP contribution >= 0.6 is 0 Å². The van der Waals surface area contributed by atoms with Crippen LogP contribution in [-0.2, 0) is 9.59 Å². The third-order valence-electron chi connectivity index (χ3n) is 2.18. The zero-order valence-electron chi connectivity index (χ0n) is 9.82. The van der Waals surface area contributed by atoms with Crippen LogP contribution in [0.1, 0.15) is 0 Å². The Kier molecular flexibility index (Phi) is 5.34. The first-order valence-corrected chi connectivity index (χ1v) is 5.33. The summed E-state index contributed by atoms with van der Waals surface area (Å²) < 4.78 is 26.4. The van der Waals surface area contributed by atoms with Gasteiger partial charge >= 0.3 is 0 Å². The van der Waals surface area contributed by atoms with E-state index in [2.05, 4.69) is 5.32 Å². The molecule has 104 valence electrons. The number of hydrogen-bond donors (Lipinski definition) is 4. The van der Waals surface area contributed by atoms with E-state index in [-0.39, 0.29) is 13.1 Å². The molecule has 0 aromatic heterocycles. The molecule has 1 atom stereocenters. The molecule has 1 aromatic carbocycles. The lowest BCUT2D eigenvalue weighted by Crippen LogP contribution is -2.40. The van der Waals surface area contributed by atoms with E-state index >= 15 is 0 Å². The molecular weight excluding hydrogens is 260 g/mol. The number of nitrogens with two attached hydrogens (primary N) is 1. The average Bonchev–Trinajstić information content (AvgIpc) is 2.33. The van der Waals surface area contributed by atoms with E-state index in [1.165, 1.54) is 6.07 Å². The summed E-state index contributed by atoms with van der Waals surface area (Å²) in [6.07, 6.45) is -1.43. The van der Waals surface area contributed by atoms with Gasteiger partial charge in [-0.1, -0.05) is 6.07 Å². The van der Waals surface area contributed by atoms with E-state index in [0.29, 0.717) is 0 Å². The van der Waals surface area contributed by atoms with Gasteiger partial charge in [0.25, 0.3) is 0 Å². The van der Waals surface area contributed by atoms with E-state index in [1.807, 2.05) is 5.32 Å². The van der Waals surface area contributed by atoms with Crippen LogP contribution in [0.5, 0.6) is 0 Å². The number of primary amides is 1. The van der Waals surface area contributed by atoms with Crippen molar-refractivity contribution < 1.29 is 23.5 Å². The second kappa shape index (κ2) is 6.76. The van der Waals surface area contributed by atoms with Crippen molar-refractivity contribution in [3.63, 3.8) is 0 Å². The van der Waals surface area contributed by atoms with Gasteiger partial charge in [-0.25, -0.2) is 8.78 Å². The second-order valence-corrected chi connectivity index (χ2v) is 3.69. The number of anilines is 1. The fraction of sp³-hybridized carbons (Fsp3) is 0.273. The van der Waals surface area contributed by atoms with Crippen LogP contribution in [0.3, 0.4) is 0 Å². The molecule has 0 aliphatic heterocycles. The molecule has 1 aromatic rings. The summed E-state index contributed by atoms with van der Waals surface area (Å²) in [5.41, 5.74) is 4.24. The fourth-order valence-electron chi connectivity index (χ4n) is 1.22. The van der Waals surface area contributed by atoms with E-state index < -0.39 is 35.2 Å². The van der Waals surface area contributed by atoms with Gasteiger partial charge in [-0.15, -0.1) is 0 Å². The quantitative estimate of drug-likeness (QED) is 0.552. The van der Waals surface area contributed by atoms with E-state index in [1.54, 1.807) is 0 Å². The highest BCUT2D eigenvalue weighted by Gasteiger charge is 2.13. The van der Waals surface area contributed by atoms with Crippen LogP contribution in [-0.4, -0.2) is 36.1 Å². The molecule has 0 aliphatic rings. The summed E-state index contributed by atoms with van der Waals surface area (Å²) in [5.74, 6) is -3.45. The zero-order valence-corrected chi connectivity index (χ0v) is 9.82. The average molecular weight is 273 g/mol. The highest BCUT2D eigenvalue weighted by Crippen LogP contribution is 2.17. The van der Waals surface area contributed by atoms with Crippen LogP contribution < -0.4 is 16.4 Å². The van der Waals surface area contributed by atoms with Crippen LogP contribution in [0.2, 0.25) is 0 Å². The van der Waals surface area contributed by atoms with Crippen molar-refractivity contribution in [2.24, 2.45) is 5.73 Å². The molecular formula is C11H13F2N3O3. The van der Waals surface area contributed by atoms with Crippen molar-refractivity contribution in [2.75, 3.05) is 18.4 Å². The first kappa shape index (κ1) is 15.0. The molecule has 0 fully saturated rings. The maximum absolute atomic E-state index is 13.2. The van der Waals surface area contributed by atoms with Crippen LogP contribution in [0.4, 0.5) is 14.5 Å². The van der Waals surface area contributed by atoms with Gasteiger partial charge in [0.05, 0.1) is 6.54 Å². The van der Waals surface area contributed by atoms with E-state index in [4.69, 9.17) is 10.8 Å². The fourth-order valence-corrected chi connectivity index (χ4v) is 1.22. The smallest absolute Gasteiger partial charge is 0.247 e. The molecule has 8 heteroatoms. The van der Waals surface area contributed by atoms with E-state index in [0.717, 1.165) is 12.1 Å². The number of amides is 2. The Balaban J connectivity index is 2.46. The lowest BCUT2D eigenvalue weighted by molar-refractivity contribution is -0.126. The van der Waals surface area contributed by atoms with Crippen molar-refractivity contribution in [3.8, 4) is 0 Å². The minimum Gasteiger partial charge on any atom is -0.382 e. The minimum atomic E-state index is -1.43. The number of para-hydroxylation sites is 1. The monoisotopic (exact) mass is 273 g/mol. The normalized spacial score (nSPS) is 11.9. The number of rotatable bonds is 6. The van der Waals surface area contributed by atoms with Crippen LogP contribution in [0.15, 0.2) is 18.2 Å². The molecule has 6 nitrogen and oxygen atoms in total. The van der Waals surface area contributed by atoms with Crippen molar-refractivity contribution in [1.29, 1.82) is 0 Å². The van der Waals surface area contributed by atoms with Gasteiger partial charge in [0.1, 0.15) is 23.4 Å². The molecule has 1 rings (SSSR count). The Bertz CT molecular complexity index is 462. The molecule has 0 spiro atoms. The van der Waals surface area contributed by atoms with Gasteiger partial charge < -0.3 is 21.5 Å². The van der Waals surface area contributed by atoms with Gasteiger partial charge in [0, 0.05) is 6.54 Å². The molecule has 0 saturated carbocycles. The van der Waals surface area contributed by atoms with Gasteiger partial charge in [-0.05, 0) is 12.1 Å². The zero-order chi connectivity index (χ0) is 14.4. The second-order valence-electron chi connectivity index (χ2n) is 3.69. The van der Waals surface area contributed by atoms with Crippen molar-refractivity contribution >= 4 is 17.5 Å². The summed E-state index contributed by atoms with van der Waals surface area (Å²) >= 11 is 0. The number of aliphatic hydroxyl groups excluding tert-OH is 1. The summed E-state index contributed by atoms with van der Waals surface area (Å²) in [6.45, 7) is -0.569. The van der Waals surface area contributed by atoms with Crippen molar-refractivity contribution in [1.82, 2.24) is 5.32 Å². The summed E-state index contributed by atoms with van der Waals surface area (Å²) in [7, 11) is 0. The number of hydrogen-bond acceptors (Lipinski definition) is 4. The number of carbonyl (C=O) groups excluding carboxylic acids is 2. The lowest BCUT2D eigenvalue weighted by Gasteiger charge is -2.10. The Morgan fingerprint density at radius 3 is 2.42 bits per heavy atom. The van der Waals surface area contributed by atoms with Gasteiger partial charge in [-0.3, -0.25) is 9.59 Å². The molecule has 0 aliphatic carbocycles. The molecule has 0 bridgehead atoms. The third kappa shape index (κ3) is 4.60. The number of aliphatic hydroxyl groups is 1. The topological polar surface area (TPSA) is 104 Å². The summed E-state index contributed by atoms with van der Waals surface area (Å²) in [5, 5.41) is 13.5.